The molecule has 0 radical (unpaired) electrons. The summed E-state index contributed by atoms with van der Waals surface area (Å²) in [6.07, 6.45) is 0. The maximum Gasteiger partial charge on any atom is 0.248 e. The number of likely N-dealkylation sites (N-methyl/N-ethyl adjacent to an activating group) is 1. The molecule has 0 aliphatic carbocycles. The lowest BCUT2D eigenvalue weighted by Crippen LogP contribution is -2.59. The van der Waals surface area contributed by atoms with Gasteiger partial charge in [0.2, 0.25) is 5.91 Å². The van der Waals surface area contributed by atoms with Crippen LogP contribution in [0.2, 0.25) is 0 Å². The molecule has 6 heteroatoms. The maximum absolute atomic E-state index is 13.1. The Kier molecular flexibility index (Phi) is 4.35. The Labute approximate surface area is 116 Å². The molecule has 1 aromatic carbocycles. The number of nitrogens with zero attached hydrogens (tertiary/aromatic N) is 1. The Bertz CT molecular complexity index is 504. The van der Waals surface area contributed by atoms with Gasteiger partial charge in [0.1, 0.15) is 6.61 Å². The normalized spacial score (nSPS) is 16.6. The molecule has 0 bridgehead atoms. The molecule has 1 fully saturated rings. The minimum Gasteiger partial charge on any atom is -0.363 e. The highest BCUT2D eigenvalue weighted by molar-refractivity contribution is 5.77. The predicted octanol–water partition coefficient (Wildman–Crippen LogP) is 1.30. The van der Waals surface area contributed by atoms with Gasteiger partial charge in [0.05, 0.1) is 5.60 Å². The van der Waals surface area contributed by atoms with Gasteiger partial charge < -0.3 is 15.0 Å². The summed E-state index contributed by atoms with van der Waals surface area (Å²) in [7, 11) is 1.61. The van der Waals surface area contributed by atoms with E-state index in [0.717, 1.165) is 25.2 Å². The lowest BCUT2D eigenvalue weighted by Gasteiger charge is -2.39. The van der Waals surface area contributed by atoms with Crippen LogP contribution >= 0.6 is 0 Å². The first kappa shape index (κ1) is 14.9. The summed E-state index contributed by atoms with van der Waals surface area (Å²) in [6.45, 7) is 3.60. The fourth-order valence-electron chi connectivity index (χ4n) is 1.93. The molecule has 0 unspecified atom stereocenters. The van der Waals surface area contributed by atoms with E-state index in [1.807, 2.05) is 6.92 Å². The van der Waals surface area contributed by atoms with E-state index < -0.39 is 11.6 Å². The number of rotatable bonds is 5. The van der Waals surface area contributed by atoms with Crippen LogP contribution in [0.3, 0.4) is 0 Å². The highest BCUT2D eigenvalue weighted by Crippen LogP contribution is 2.15. The highest BCUT2D eigenvalue weighted by atomic mass is 19.2. The molecule has 0 aromatic heterocycles. The summed E-state index contributed by atoms with van der Waals surface area (Å²) in [5.41, 5.74) is 0.259. The van der Waals surface area contributed by atoms with Crippen molar-refractivity contribution in [2.45, 2.75) is 19.1 Å². The number of ether oxygens (including phenoxy) is 1. The molecule has 0 atom stereocenters. The van der Waals surface area contributed by atoms with Crippen molar-refractivity contribution in [3.8, 4) is 0 Å². The van der Waals surface area contributed by atoms with E-state index in [9.17, 15) is 13.6 Å². The van der Waals surface area contributed by atoms with Gasteiger partial charge in [0.25, 0.3) is 0 Å². The van der Waals surface area contributed by atoms with Gasteiger partial charge in [-0.15, -0.1) is 0 Å². The molecule has 1 N–H and O–H groups in total. The monoisotopic (exact) mass is 284 g/mol. The quantitative estimate of drug-likeness (QED) is 0.886. The molecule has 4 nitrogen and oxygen atoms in total. The third-order valence-electron chi connectivity index (χ3n) is 3.37. The van der Waals surface area contributed by atoms with Crippen molar-refractivity contribution in [2.75, 3.05) is 26.7 Å². The number of benzene rings is 1. The Balaban J connectivity index is 1.85. The lowest BCUT2D eigenvalue weighted by atomic mass is 10.0. The van der Waals surface area contributed by atoms with Crippen molar-refractivity contribution >= 4 is 5.91 Å². The van der Waals surface area contributed by atoms with Gasteiger partial charge in [-0.25, -0.2) is 8.78 Å². The van der Waals surface area contributed by atoms with E-state index >= 15 is 0 Å². The first-order valence-corrected chi connectivity index (χ1v) is 6.42. The van der Waals surface area contributed by atoms with Crippen LogP contribution < -0.4 is 5.32 Å². The zero-order valence-electron chi connectivity index (χ0n) is 11.6. The molecule has 0 saturated carbocycles. The number of nitrogens with one attached hydrogen (secondary N) is 1. The first-order valence-electron chi connectivity index (χ1n) is 6.42. The van der Waals surface area contributed by atoms with E-state index in [4.69, 9.17) is 4.74 Å². The lowest BCUT2D eigenvalue weighted by molar-refractivity contribution is -0.145. The largest absolute Gasteiger partial charge is 0.363 e. The molecule has 1 heterocycles. The number of hydrogen-bond acceptors (Lipinski definition) is 3. The molecule has 1 aromatic rings. The Hall–Kier alpha value is -1.53. The van der Waals surface area contributed by atoms with Gasteiger partial charge in [0, 0.05) is 26.7 Å². The number of halogens is 2. The number of amides is 1. The molecule has 110 valence electrons. The number of hydrogen-bond donors (Lipinski definition) is 1. The molecule has 1 saturated heterocycles. The van der Waals surface area contributed by atoms with Crippen molar-refractivity contribution in [1.82, 2.24) is 10.2 Å². The maximum atomic E-state index is 13.1. The zero-order valence-corrected chi connectivity index (χ0v) is 11.6. The van der Waals surface area contributed by atoms with Gasteiger partial charge in [0.15, 0.2) is 11.6 Å². The molecular formula is C14H18F2N2O2. The van der Waals surface area contributed by atoms with Crippen LogP contribution in [0.25, 0.3) is 0 Å². The predicted molar refractivity (Wildman–Crippen MR) is 70.1 cm³/mol. The summed E-state index contributed by atoms with van der Waals surface area (Å²) in [5.74, 6) is -1.99. The average Bonchev–Trinajstić information content (AvgIpc) is 2.38. The Morgan fingerprint density at radius 1 is 1.40 bits per heavy atom. The molecule has 1 amide bonds. The summed E-state index contributed by atoms with van der Waals surface area (Å²) >= 11 is 0. The fraction of sp³-hybridized carbons (Fsp3) is 0.500. The van der Waals surface area contributed by atoms with E-state index in [-0.39, 0.29) is 24.7 Å². The molecule has 1 aliphatic heterocycles. The fourth-order valence-corrected chi connectivity index (χ4v) is 1.93. The third-order valence-corrected chi connectivity index (χ3v) is 3.37. The topological polar surface area (TPSA) is 41.6 Å². The Morgan fingerprint density at radius 2 is 2.10 bits per heavy atom. The van der Waals surface area contributed by atoms with E-state index in [2.05, 4.69) is 5.32 Å². The minimum atomic E-state index is -0.910. The highest BCUT2D eigenvalue weighted by Gasteiger charge is 2.33. The Morgan fingerprint density at radius 3 is 2.65 bits per heavy atom. The van der Waals surface area contributed by atoms with Crippen LogP contribution in [0.4, 0.5) is 8.78 Å². The molecule has 1 aliphatic rings. The first-order chi connectivity index (χ1) is 9.39. The van der Waals surface area contributed by atoms with E-state index in [1.54, 1.807) is 7.05 Å². The van der Waals surface area contributed by atoms with Crippen LogP contribution in [0.5, 0.6) is 0 Å². The third kappa shape index (κ3) is 3.52. The zero-order chi connectivity index (χ0) is 14.8. The molecule has 20 heavy (non-hydrogen) atoms. The van der Waals surface area contributed by atoms with Crippen LogP contribution in [0, 0.1) is 11.6 Å². The second-order valence-corrected chi connectivity index (χ2v) is 5.34. The van der Waals surface area contributed by atoms with Crippen molar-refractivity contribution in [3.63, 3.8) is 0 Å². The smallest absolute Gasteiger partial charge is 0.248 e. The van der Waals surface area contributed by atoms with Gasteiger partial charge in [-0.05, 0) is 24.6 Å². The summed E-state index contributed by atoms with van der Waals surface area (Å²) in [4.78, 5) is 13.3. The van der Waals surface area contributed by atoms with E-state index in [0.29, 0.717) is 5.56 Å². The van der Waals surface area contributed by atoms with Crippen LogP contribution in [0.1, 0.15) is 12.5 Å². The van der Waals surface area contributed by atoms with E-state index in [1.165, 1.54) is 11.0 Å². The number of carbonyl (C=O) groups excluding carboxylic acids is 1. The SMILES string of the molecule is CN(Cc1ccc(F)c(F)c1)C(=O)COC1(C)CNC1. The number of carbonyl (C=O) groups is 1. The molecule has 2 rings (SSSR count). The minimum absolute atomic E-state index is 0.0155. The second kappa shape index (κ2) is 5.85. The van der Waals surface area contributed by atoms with Crippen molar-refractivity contribution < 1.29 is 18.3 Å². The summed E-state index contributed by atoms with van der Waals surface area (Å²) in [5, 5.41) is 3.08. The summed E-state index contributed by atoms with van der Waals surface area (Å²) < 4.78 is 31.4. The van der Waals surface area contributed by atoms with Crippen LogP contribution in [-0.4, -0.2) is 43.2 Å². The van der Waals surface area contributed by atoms with Crippen LogP contribution in [0.15, 0.2) is 18.2 Å². The molecule has 0 spiro atoms. The van der Waals surface area contributed by atoms with Gasteiger partial charge in [-0.2, -0.15) is 0 Å². The second-order valence-electron chi connectivity index (χ2n) is 5.34. The van der Waals surface area contributed by atoms with Crippen molar-refractivity contribution in [1.29, 1.82) is 0 Å². The van der Waals surface area contributed by atoms with Gasteiger partial charge >= 0.3 is 0 Å². The van der Waals surface area contributed by atoms with Gasteiger partial charge in [-0.1, -0.05) is 6.07 Å². The summed E-state index contributed by atoms with van der Waals surface area (Å²) in [6, 6.07) is 3.61. The van der Waals surface area contributed by atoms with Crippen LogP contribution in [-0.2, 0) is 16.1 Å². The van der Waals surface area contributed by atoms with Gasteiger partial charge in [-0.3, -0.25) is 4.79 Å². The van der Waals surface area contributed by atoms with Crippen molar-refractivity contribution in [2.24, 2.45) is 0 Å². The standard InChI is InChI=1S/C14H18F2N2O2/c1-14(8-17-9-14)20-7-13(19)18(2)6-10-3-4-11(15)12(16)5-10/h3-5,17H,6-9H2,1-2H3. The molecular weight excluding hydrogens is 266 g/mol. The van der Waals surface area contributed by atoms with Crippen molar-refractivity contribution in [3.05, 3.63) is 35.4 Å². The average molecular weight is 284 g/mol.